The normalized spacial score (nSPS) is 28.5. The first kappa shape index (κ1) is 12.8. The van der Waals surface area contributed by atoms with Gasteiger partial charge in [0.05, 0.1) is 12.1 Å². The molecule has 1 aliphatic rings. The second-order valence-electron chi connectivity index (χ2n) is 4.28. The summed E-state index contributed by atoms with van der Waals surface area (Å²) in [4.78, 5) is 11.6. The molecule has 0 saturated heterocycles. The highest BCUT2D eigenvalue weighted by molar-refractivity contribution is 7.99. The molecule has 15 heavy (non-hydrogen) atoms. The Morgan fingerprint density at radius 2 is 2.20 bits per heavy atom. The summed E-state index contributed by atoms with van der Waals surface area (Å²) in [5, 5.41) is 13.0. The lowest BCUT2D eigenvalue weighted by molar-refractivity contribution is -0.122. The SMILES string of the molecule is CSC(C)CC(=O)NC1CCCCC1O. The maximum atomic E-state index is 11.6. The summed E-state index contributed by atoms with van der Waals surface area (Å²) < 4.78 is 0. The third-order valence-corrected chi connectivity index (χ3v) is 3.92. The number of hydrogen-bond donors (Lipinski definition) is 2. The van der Waals surface area contributed by atoms with Gasteiger partial charge >= 0.3 is 0 Å². The minimum absolute atomic E-state index is 0.0136. The van der Waals surface area contributed by atoms with Crippen molar-refractivity contribution in [2.75, 3.05) is 6.26 Å². The lowest BCUT2D eigenvalue weighted by atomic mass is 9.92. The van der Waals surface area contributed by atoms with Crippen molar-refractivity contribution in [2.45, 2.75) is 56.4 Å². The van der Waals surface area contributed by atoms with Gasteiger partial charge < -0.3 is 10.4 Å². The zero-order valence-electron chi connectivity index (χ0n) is 9.53. The summed E-state index contributed by atoms with van der Waals surface area (Å²) in [6.07, 6.45) is 6.14. The van der Waals surface area contributed by atoms with Gasteiger partial charge in [0, 0.05) is 11.7 Å². The topological polar surface area (TPSA) is 49.3 Å². The van der Waals surface area contributed by atoms with Crippen LogP contribution in [0.15, 0.2) is 0 Å². The van der Waals surface area contributed by atoms with Crippen molar-refractivity contribution in [3.8, 4) is 0 Å². The number of nitrogens with one attached hydrogen (secondary N) is 1. The molecule has 4 heteroatoms. The second-order valence-corrected chi connectivity index (χ2v) is 5.55. The number of carbonyl (C=O) groups is 1. The van der Waals surface area contributed by atoms with Crippen LogP contribution < -0.4 is 5.32 Å². The predicted octanol–water partition coefficient (Wildman–Crippen LogP) is 1.55. The van der Waals surface area contributed by atoms with E-state index in [9.17, 15) is 9.90 Å². The third-order valence-electron chi connectivity index (χ3n) is 2.95. The van der Waals surface area contributed by atoms with Gasteiger partial charge in [0.25, 0.3) is 0 Å². The van der Waals surface area contributed by atoms with Gasteiger partial charge in [0.1, 0.15) is 0 Å². The van der Waals surface area contributed by atoms with Crippen LogP contribution in [0.1, 0.15) is 39.0 Å². The molecule has 3 atom stereocenters. The van der Waals surface area contributed by atoms with Gasteiger partial charge in [-0.2, -0.15) is 11.8 Å². The highest BCUT2D eigenvalue weighted by atomic mass is 32.2. The molecule has 3 unspecified atom stereocenters. The van der Waals surface area contributed by atoms with Gasteiger partial charge in [-0.3, -0.25) is 4.79 Å². The number of aliphatic hydroxyl groups is 1. The van der Waals surface area contributed by atoms with Crippen LogP contribution in [-0.2, 0) is 4.79 Å². The molecule has 1 aliphatic carbocycles. The Balaban J connectivity index is 2.29. The van der Waals surface area contributed by atoms with Crippen LogP contribution in [-0.4, -0.2) is 34.7 Å². The largest absolute Gasteiger partial charge is 0.391 e. The Bertz CT molecular complexity index is 211. The first-order chi connectivity index (χ1) is 7.13. The summed E-state index contributed by atoms with van der Waals surface area (Å²) in [5.41, 5.74) is 0. The number of carbonyl (C=O) groups excluding carboxylic acids is 1. The number of hydrogen-bond acceptors (Lipinski definition) is 3. The second kappa shape index (κ2) is 6.38. The fourth-order valence-electron chi connectivity index (χ4n) is 1.89. The maximum absolute atomic E-state index is 11.6. The first-order valence-electron chi connectivity index (χ1n) is 5.63. The van der Waals surface area contributed by atoms with E-state index in [-0.39, 0.29) is 18.1 Å². The average Bonchev–Trinajstić information content (AvgIpc) is 2.21. The highest BCUT2D eigenvalue weighted by Crippen LogP contribution is 2.19. The average molecular weight is 231 g/mol. The fraction of sp³-hybridized carbons (Fsp3) is 0.909. The summed E-state index contributed by atoms with van der Waals surface area (Å²) in [6, 6.07) is -0.0136. The van der Waals surface area contributed by atoms with Crippen LogP contribution in [0.5, 0.6) is 0 Å². The van der Waals surface area contributed by atoms with E-state index in [2.05, 4.69) is 5.32 Å². The Hall–Kier alpha value is -0.220. The molecule has 0 aromatic carbocycles. The summed E-state index contributed by atoms with van der Waals surface area (Å²) in [7, 11) is 0. The minimum Gasteiger partial charge on any atom is -0.391 e. The van der Waals surface area contributed by atoms with E-state index in [1.165, 1.54) is 0 Å². The van der Waals surface area contributed by atoms with E-state index >= 15 is 0 Å². The van der Waals surface area contributed by atoms with Crippen LogP contribution in [0, 0.1) is 0 Å². The number of rotatable bonds is 4. The van der Waals surface area contributed by atoms with E-state index in [4.69, 9.17) is 0 Å². The van der Waals surface area contributed by atoms with Crippen molar-refractivity contribution in [3.63, 3.8) is 0 Å². The number of thioether (sulfide) groups is 1. The van der Waals surface area contributed by atoms with Crippen molar-refractivity contribution < 1.29 is 9.90 Å². The highest BCUT2D eigenvalue weighted by Gasteiger charge is 2.24. The van der Waals surface area contributed by atoms with Crippen molar-refractivity contribution >= 4 is 17.7 Å². The molecular formula is C11H21NO2S. The summed E-state index contributed by atoms with van der Waals surface area (Å²) in [5.74, 6) is 0.0720. The van der Waals surface area contributed by atoms with E-state index in [1.54, 1.807) is 11.8 Å². The lowest BCUT2D eigenvalue weighted by Gasteiger charge is -2.28. The monoisotopic (exact) mass is 231 g/mol. The van der Waals surface area contributed by atoms with Crippen LogP contribution in [0.3, 0.4) is 0 Å². The third kappa shape index (κ3) is 4.43. The quantitative estimate of drug-likeness (QED) is 0.772. The summed E-state index contributed by atoms with van der Waals surface area (Å²) in [6.45, 7) is 2.04. The van der Waals surface area contributed by atoms with Gasteiger partial charge in [-0.15, -0.1) is 0 Å². The molecule has 0 radical (unpaired) electrons. The molecule has 0 bridgehead atoms. The van der Waals surface area contributed by atoms with E-state index in [0.717, 1.165) is 25.7 Å². The molecule has 1 saturated carbocycles. The van der Waals surface area contributed by atoms with Gasteiger partial charge in [-0.25, -0.2) is 0 Å². The van der Waals surface area contributed by atoms with Gasteiger partial charge in [0.2, 0.25) is 5.91 Å². The molecule has 0 heterocycles. The Morgan fingerprint density at radius 1 is 1.53 bits per heavy atom. The molecule has 3 nitrogen and oxygen atoms in total. The predicted molar refractivity (Wildman–Crippen MR) is 64.0 cm³/mol. The molecule has 0 aromatic rings. The molecule has 1 rings (SSSR count). The number of amides is 1. The zero-order chi connectivity index (χ0) is 11.3. The van der Waals surface area contributed by atoms with Crippen LogP contribution in [0.2, 0.25) is 0 Å². The smallest absolute Gasteiger partial charge is 0.221 e. The molecule has 1 amide bonds. The van der Waals surface area contributed by atoms with E-state index < -0.39 is 0 Å². The van der Waals surface area contributed by atoms with Crippen LogP contribution in [0.4, 0.5) is 0 Å². The molecular weight excluding hydrogens is 210 g/mol. The number of aliphatic hydroxyl groups excluding tert-OH is 1. The first-order valence-corrected chi connectivity index (χ1v) is 6.92. The lowest BCUT2D eigenvalue weighted by Crippen LogP contribution is -2.45. The van der Waals surface area contributed by atoms with Gasteiger partial charge in [-0.1, -0.05) is 19.8 Å². The van der Waals surface area contributed by atoms with Gasteiger partial charge in [0.15, 0.2) is 0 Å². The molecule has 0 aliphatic heterocycles. The zero-order valence-corrected chi connectivity index (χ0v) is 10.3. The van der Waals surface area contributed by atoms with Crippen molar-refractivity contribution in [1.29, 1.82) is 0 Å². The molecule has 1 fully saturated rings. The van der Waals surface area contributed by atoms with Crippen molar-refractivity contribution in [1.82, 2.24) is 5.32 Å². The molecule has 2 N–H and O–H groups in total. The standard InChI is InChI=1S/C11H21NO2S/c1-8(15-2)7-11(14)12-9-5-3-4-6-10(9)13/h8-10,13H,3-7H2,1-2H3,(H,12,14). The Kier molecular flexibility index (Phi) is 5.47. The van der Waals surface area contributed by atoms with E-state index in [1.807, 2.05) is 13.2 Å². The fourth-order valence-corrected chi connectivity index (χ4v) is 2.21. The molecule has 88 valence electrons. The molecule has 0 spiro atoms. The Labute approximate surface area is 96.0 Å². The Morgan fingerprint density at radius 3 is 2.80 bits per heavy atom. The molecule has 0 aromatic heterocycles. The summed E-state index contributed by atoms with van der Waals surface area (Å²) >= 11 is 1.69. The van der Waals surface area contributed by atoms with Crippen molar-refractivity contribution in [3.05, 3.63) is 0 Å². The maximum Gasteiger partial charge on any atom is 0.221 e. The van der Waals surface area contributed by atoms with Gasteiger partial charge in [-0.05, 0) is 19.1 Å². The van der Waals surface area contributed by atoms with Crippen LogP contribution in [0.25, 0.3) is 0 Å². The van der Waals surface area contributed by atoms with Crippen molar-refractivity contribution in [2.24, 2.45) is 0 Å². The van der Waals surface area contributed by atoms with Crippen LogP contribution >= 0.6 is 11.8 Å². The van der Waals surface area contributed by atoms with E-state index in [0.29, 0.717) is 11.7 Å². The minimum atomic E-state index is -0.340.